The third kappa shape index (κ3) is 5.70. The summed E-state index contributed by atoms with van der Waals surface area (Å²) in [6.45, 7) is 4.99. The van der Waals surface area contributed by atoms with Crippen molar-refractivity contribution < 1.29 is 9.53 Å². The first-order valence-electron chi connectivity index (χ1n) is 9.64. The number of piperazine rings is 1. The Morgan fingerprint density at radius 1 is 1.04 bits per heavy atom. The van der Waals surface area contributed by atoms with E-state index in [1.54, 1.807) is 0 Å². The Labute approximate surface area is 168 Å². The van der Waals surface area contributed by atoms with Gasteiger partial charge in [-0.1, -0.05) is 19.3 Å². The van der Waals surface area contributed by atoms with Crippen molar-refractivity contribution >= 4 is 35.8 Å². The van der Waals surface area contributed by atoms with Crippen molar-refractivity contribution in [3.8, 4) is 0 Å². The Hall–Kier alpha value is -0.570. The number of carbonyl (C=O) groups is 1. The van der Waals surface area contributed by atoms with Gasteiger partial charge >= 0.3 is 0 Å². The van der Waals surface area contributed by atoms with E-state index in [1.807, 2.05) is 11.9 Å². The second-order valence-electron chi connectivity index (χ2n) is 7.25. The van der Waals surface area contributed by atoms with Gasteiger partial charge in [-0.15, -0.1) is 24.0 Å². The molecular weight excluding hydrogens is 431 g/mol. The van der Waals surface area contributed by atoms with Gasteiger partial charge in [0.1, 0.15) is 6.10 Å². The van der Waals surface area contributed by atoms with E-state index >= 15 is 0 Å². The van der Waals surface area contributed by atoms with Crippen LogP contribution in [-0.2, 0) is 9.53 Å². The smallest absolute Gasteiger partial charge is 0.251 e. The van der Waals surface area contributed by atoms with Gasteiger partial charge in [0.2, 0.25) is 0 Å². The molecule has 2 aliphatic heterocycles. The lowest BCUT2D eigenvalue weighted by molar-refractivity contribution is -0.142. The van der Waals surface area contributed by atoms with Gasteiger partial charge in [-0.25, -0.2) is 0 Å². The molecule has 1 N–H and O–H groups in total. The highest BCUT2D eigenvalue weighted by molar-refractivity contribution is 14.0. The molecule has 3 fully saturated rings. The van der Waals surface area contributed by atoms with Gasteiger partial charge < -0.3 is 19.9 Å². The maximum atomic E-state index is 12.4. The zero-order chi connectivity index (χ0) is 16.8. The standard InChI is InChI=1S/C18H32N4O2.HI/c1-19-18(20-14-15-6-3-2-4-7-15)22-11-9-21(10-12-22)17(23)16-8-5-13-24-16;/h15-16H,2-14H2,1H3,(H,19,20);1H. The van der Waals surface area contributed by atoms with Crippen molar-refractivity contribution in [3.05, 3.63) is 0 Å². The molecule has 0 aromatic heterocycles. The summed E-state index contributed by atoms with van der Waals surface area (Å²) in [5.74, 6) is 1.96. The molecular formula is C18H33IN4O2. The van der Waals surface area contributed by atoms with Gasteiger partial charge in [-0.3, -0.25) is 9.79 Å². The van der Waals surface area contributed by atoms with E-state index < -0.39 is 0 Å². The van der Waals surface area contributed by atoms with Crippen LogP contribution < -0.4 is 5.32 Å². The zero-order valence-electron chi connectivity index (χ0n) is 15.4. The Balaban J connectivity index is 0.00000225. The quantitative estimate of drug-likeness (QED) is 0.395. The SMILES string of the molecule is CN=C(NCC1CCCCC1)N1CCN(C(=O)C2CCCO2)CC1.I. The van der Waals surface area contributed by atoms with Gasteiger partial charge in [0.15, 0.2) is 5.96 Å². The molecule has 2 saturated heterocycles. The summed E-state index contributed by atoms with van der Waals surface area (Å²) in [7, 11) is 1.85. The summed E-state index contributed by atoms with van der Waals surface area (Å²) < 4.78 is 5.53. The fraction of sp³-hybridized carbons (Fsp3) is 0.889. The number of halogens is 1. The topological polar surface area (TPSA) is 57.2 Å². The van der Waals surface area contributed by atoms with E-state index in [0.717, 1.165) is 64.0 Å². The molecule has 1 saturated carbocycles. The van der Waals surface area contributed by atoms with E-state index in [0.29, 0.717) is 0 Å². The number of hydrogen-bond acceptors (Lipinski definition) is 3. The summed E-state index contributed by atoms with van der Waals surface area (Å²) in [4.78, 5) is 21.1. The monoisotopic (exact) mass is 464 g/mol. The van der Waals surface area contributed by atoms with Crippen LogP contribution in [0.3, 0.4) is 0 Å². The van der Waals surface area contributed by atoms with Crippen LogP contribution in [0.4, 0.5) is 0 Å². The van der Waals surface area contributed by atoms with E-state index in [2.05, 4.69) is 15.2 Å². The number of guanidine groups is 1. The molecule has 144 valence electrons. The number of carbonyl (C=O) groups excluding carboxylic acids is 1. The molecule has 7 heteroatoms. The zero-order valence-corrected chi connectivity index (χ0v) is 17.7. The van der Waals surface area contributed by atoms with Crippen LogP contribution in [0.25, 0.3) is 0 Å². The summed E-state index contributed by atoms with van der Waals surface area (Å²) in [5.41, 5.74) is 0. The maximum absolute atomic E-state index is 12.4. The maximum Gasteiger partial charge on any atom is 0.251 e. The molecule has 1 atom stereocenters. The lowest BCUT2D eigenvalue weighted by Crippen LogP contribution is -2.55. The van der Waals surface area contributed by atoms with Crippen LogP contribution >= 0.6 is 24.0 Å². The number of nitrogens with zero attached hydrogens (tertiary/aromatic N) is 3. The Morgan fingerprint density at radius 3 is 2.32 bits per heavy atom. The van der Waals surface area contributed by atoms with Crippen LogP contribution in [0.5, 0.6) is 0 Å². The van der Waals surface area contributed by atoms with Crippen molar-refractivity contribution in [2.75, 3.05) is 46.4 Å². The lowest BCUT2D eigenvalue weighted by Gasteiger charge is -2.37. The first-order valence-corrected chi connectivity index (χ1v) is 9.64. The summed E-state index contributed by atoms with van der Waals surface area (Å²) >= 11 is 0. The van der Waals surface area contributed by atoms with Crippen LogP contribution in [0.15, 0.2) is 4.99 Å². The molecule has 3 rings (SSSR count). The number of aliphatic imine (C=N–C) groups is 1. The fourth-order valence-electron chi connectivity index (χ4n) is 4.07. The molecule has 0 aromatic carbocycles. The number of amides is 1. The predicted molar refractivity (Wildman–Crippen MR) is 110 cm³/mol. The first kappa shape index (κ1) is 20.7. The molecule has 6 nitrogen and oxygen atoms in total. The third-order valence-corrected chi connectivity index (χ3v) is 5.58. The molecule has 2 heterocycles. The summed E-state index contributed by atoms with van der Waals surface area (Å²) in [6.07, 6.45) is 8.51. The molecule has 3 aliphatic rings. The lowest BCUT2D eigenvalue weighted by atomic mass is 9.89. The van der Waals surface area contributed by atoms with E-state index in [1.165, 1.54) is 32.1 Å². The predicted octanol–water partition coefficient (Wildman–Crippen LogP) is 2.08. The third-order valence-electron chi connectivity index (χ3n) is 5.58. The second kappa shape index (κ2) is 10.5. The highest BCUT2D eigenvalue weighted by atomic mass is 127. The average Bonchev–Trinajstić information content (AvgIpc) is 3.18. The minimum atomic E-state index is -0.194. The molecule has 1 aliphatic carbocycles. The minimum Gasteiger partial charge on any atom is -0.368 e. The Bertz CT molecular complexity index is 440. The fourth-order valence-corrected chi connectivity index (χ4v) is 4.07. The first-order chi connectivity index (χ1) is 11.8. The number of ether oxygens (including phenoxy) is 1. The van der Waals surface area contributed by atoms with Gasteiger partial charge in [0, 0.05) is 46.4 Å². The van der Waals surface area contributed by atoms with Crippen molar-refractivity contribution in [3.63, 3.8) is 0 Å². The van der Waals surface area contributed by atoms with Crippen LogP contribution in [0, 0.1) is 5.92 Å². The average molecular weight is 464 g/mol. The van der Waals surface area contributed by atoms with E-state index in [-0.39, 0.29) is 36.0 Å². The molecule has 0 bridgehead atoms. The normalized spacial score (nSPS) is 25.6. The van der Waals surface area contributed by atoms with Crippen molar-refractivity contribution in [2.45, 2.75) is 51.0 Å². The molecule has 25 heavy (non-hydrogen) atoms. The van der Waals surface area contributed by atoms with Gasteiger partial charge in [0.25, 0.3) is 5.91 Å². The van der Waals surface area contributed by atoms with Crippen LogP contribution in [-0.4, -0.2) is 74.1 Å². The molecule has 1 amide bonds. The van der Waals surface area contributed by atoms with Crippen molar-refractivity contribution in [1.82, 2.24) is 15.1 Å². The summed E-state index contributed by atoms with van der Waals surface area (Å²) in [5, 5.41) is 3.56. The van der Waals surface area contributed by atoms with Gasteiger partial charge in [0.05, 0.1) is 0 Å². The number of nitrogens with one attached hydrogen (secondary N) is 1. The van der Waals surface area contributed by atoms with Crippen molar-refractivity contribution in [2.24, 2.45) is 10.9 Å². The largest absolute Gasteiger partial charge is 0.368 e. The molecule has 0 aromatic rings. The van der Waals surface area contributed by atoms with Crippen LogP contribution in [0.1, 0.15) is 44.9 Å². The molecule has 0 radical (unpaired) electrons. The Kier molecular flexibility index (Phi) is 8.75. The number of rotatable bonds is 3. The second-order valence-corrected chi connectivity index (χ2v) is 7.25. The Morgan fingerprint density at radius 2 is 1.72 bits per heavy atom. The van der Waals surface area contributed by atoms with E-state index in [4.69, 9.17) is 4.74 Å². The highest BCUT2D eigenvalue weighted by Crippen LogP contribution is 2.23. The van der Waals surface area contributed by atoms with Crippen LogP contribution in [0.2, 0.25) is 0 Å². The highest BCUT2D eigenvalue weighted by Gasteiger charge is 2.31. The number of hydrogen-bond donors (Lipinski definition) is 1. The summed E-state index contributed by atoms with van der Waals surface area (Å²) in [6, 6.07) is 0. The van der Waals surface area contributed by atoms with E-state index in [9.17, 15) is 4.79 Å². The minimum absolute atomic E-state index is 0. The van der Waals surface area contributed by atoms with Gasteiger partial charge in [-0.2, -0.15) is 0 Å². The molecule has 1 unspecified atom stereocenters. The molecule has 0 spiro atoms. The van der Waals surface area contributed by atoms with Gasteiger partial charge in [-0.05, 0) is 31.6 Å². The van der Waals surface area contributed by atoms with Crippen molar-refractivity contribution in [1.29, 1.82) is 0 Å².